The van der Waals surface area contributed by atoms with Crippen LogP contribution in [-0.2, 0) is 6.54 Å². The highest BCUT2D eigenvalue weighted by Gasteiger charge is 2.03. The van der Waals surface area contributed by atoms with E-state index in [1.807, 2.05) is 12.1 Å². The maximum absolute atomic E-state index is 5.10. The Labute approximate surface area is 104 Å². The number of hydrogen-bond donors (Lipinski definition) is 0. The summed E-state index contributed by atoms with van der Waals surface area (Å²) in [5, 5.41) is 1.07. The molecule has 0 amide bonds. The summed E-state index contributed by atoms with van der Waals surface area (Å²) in [4.78, 5) is 4.39. The number of rotatable bonds is 5. The maximum Gasteiger partial charge on any atom is 0.213 e. The highest BCUT2D eigenvalue weighted by molar-refractivity contribution is 9.09. The number of aryl methyl sites for hydroxylation is 1. The normalized spacial score (nSPS) is 10.9. The zero-order valence-corrected chi connectivity index (χ0v) is 10.9. The van der Waals surface area contributed by atoms with Gasteiger partial charge in [0.05, 0.1) is 18.1 Å². The molecule has 0 aliphatic heterocycles. The SMILES string of the molecule is COc1ccc2c(ccn2CCCCBr)n1. The first kappa shape index (κ1) is 11.5. The van der Waals surface area contributed by atoms with Gasteiger partial charge in [-0.05, 0) is 25.0 Å². The molecule has 0 radical (unpaired) electrons. The van der Waals surface area contributed by atoms with E-state index in [9.17, 15) is 0 Å². The van der Waals surface area contributed by atoms with Crippen molar-refractivity contribution >= 4 is 27.0 Å². The summed E-state index contributed by atoms with van der Waals surface area (Å²) in [6.45, 7) is 1.04. The van der Waals surface area contributed by atoms with Crippen LogP contribution in [0.1, 0.15) is 12.8 Å². The molecule has 0 spiro atoms. The lowest BCUT2D eigenvalue weighted by atomic mass is 10.3. The molecule has 0 aliphatic rings. The largest absolute Gasteiger partial charge is 0.481 e. The predicted molar refractivity (Wildman–Crippen MR) is 69.3 cm³/mol. The molecule has 0 unspecified atom stereocenters. The van der Waals surface area contributed by atoms with E-state index in [0.29, 0.717) is 5.88 Å². The molecule has 4 heteroatoms. The zero-order valence-electron chi connectivity index (χ0n) is 9.32. The zero-order chi connectivity index (χ0) is 11.4. The molecule has 0 saturated heterocycles. The number of hydrogen-bond acceptors (Lipinski definition) is 2. The fraction of sp³-hybridized carbons (Fsp3) is 0.417. The van der Waals surface area contributed by atoms with Crippen LogP contribution >= 0.6 is 15.9 Å². The van der Waals surface area contributed by atoms with Gasteiger partial charge < -0.3 is 9.30 Å². The Hall–Kier alpha value is -1.03. The molecule has 2 rings (SSSR count). The van der Waals surface area contributed by atoms with E-state index in [1.165, 1.54) is 18.4 Å². The first-order chi connectivity index (χ1) is 7.85. The van der Waals surface area contributed by atoms with E-state index in [-0.39, 0.29) is 0 Å². The van der Waals surface area contributed by atoms with Crippen molar-refractivity contribution in [1.82, 2.24) is 9.55 Å². The minimum atomic E-state index is 0.672. The van der Waals surface area contributed by atoms with Gasteiger partial charge in [-0.25, -0.2) is 4.98 Å². The second-order valence-electron chi connectivity index (χ2n) is 3.66. The lowest BCUT2D eigenvalue weighted by Gasteiger charge is -2.04. The lowest BCUT2D eigenvalue weighted by molar-refractivity contribution is 0.399. The monoisotopic (exact) mass is 282 g/mol. The number of fused-ring (bicyclic) bond motifs is 1. The second-order valence-corrected chi connectivity index (χ2v) is 4.46. The van der Waals surface area contributed by atoms with E-state index >= 15 is 0 Å². The van der Waals surface area contributed by atoms with Gasteiger partial charge >= 0.3 is 0 Å². The van der Waals surface area contributed by atoms with Gasteiger partial charge in [0.25, 0.3) is 0 Å². The number of methoxy groups -OCH3 is 1. The number of pyridine rings is 1. The van der Waals surface area contributed by atoms with E-state index in [1.54, 1.807) is 7.11 Å². The summed E-state index contributed by atoms with van der Waals surface area (Å²) >= 11 is 3.44. The molecule has 16 heavy (non-hydrogen) atoms. The Balaban J connectivity index is 2.20. The molecule has 0 N–H and O–H groups in total. The predicted octanol–water partition coefficient (Wildman–Crippen LogP) is 3.22. The van der Waals surface area contributed by atoms with Crippen molar-refractivity contribution < 1.29 is 4.74 Å². The van der Waals surface area contributed by atoms with Gasteiger partial charge in [0, 0.05) is 24.1 Å². The average Bonchev–Trinajstić information content (AvgIpc) is 2.72. The number of nitrogens with zero attached hydrogens (tertiary/aromatic N) is 2. The maximum atomic E-state index is 5.10. The fourth-order valence-electron chi connectivity index (χ4n) is 1.74. The van der Waals surface area contributed by atoms with Crippen LogP contribution in [0, 0.1) is 0 Å². The first-order valence-corrected chi connectivity index (χ1v) is 6.53. The van der Waals surface area contributed by atoms with Crippen LogP contribution in [0.5, 0.6) is 5.88 Å². The average molecular weight is 283 g/mol. The summed E-state index contributed by atoms with van der Waals surface area (Å²) in [5.41, 5.74) is 2.17. The smallest absolute Gasteiger partial charge is 0.213 e. The first-order valence-electron chi connectivity index (χ1n) is 5.41. The fourth-order valence-corrected chi connectivity index (χ4v) is 2.14. The van der Waals surface area contributed by atoms with Gasteiger partial charge in [0.15, 0.2) is 0 Å². The molecule has 3 nitrogen and oxygen atoms in total. The van der Waals surface area contributed by atoms with E-state index in [2.05, 4.69) is 37.7 Å². The summed E-state index contributed by atoms with van der Waals surface area (Å²) < 4.78 is 7.34. The van der Waals surface area contributed by atoms with Gasteiger partial charge in [-0.1, -0.05) is 15.9 Å². The van der Waals surface area contributed by atoms with Crippen LogP contribution in [0.15, 0.2) is 24.4 Å². The van der Waals surface area contributed by atoms with Crippen LogP contribution in [0.4, 0.5) is 0 Å². The molecule has 0 bridgehead atoms. The van der Waals surface area contributed by atoms with Crippen molar-refractivity contribution in [3.8, 4) is 5.88 Å². The minimum absolute atomic E-state index is 0.672. The van der Waals surface area contributed by atoms with Gasteiger partial charge in [-0.2, -0.15) is 0 Å². The van der Waals surface area contributed by atoms with E-state index < -0.39 is 0 Å². The minimum Gasteiger partial charge on any atom is -0.481 e. The molecule has 2 aromatic rings. The third-order valence-electron chi connectivity index (χ3n) is 2.59. The van der Waals surface area contributed by atoms with Crippen LogP contribution in [-0.4, -0.2) is 22.0 Å². The summed E-state index contributed by atoms with van der Waals surface area (Å²) in [6, 6.07) is 6.00. The Morgan fingerprint density at radius 1 is 1.31 bits per heavy atom. The number of halogens is 1. The topological polar surface area (TPSA) is 27.1 Å². The van der Waals surface area contributed by atoms with Crippen molar-refractivity contribution in [3.63, 3.8) is 0 Å². The van der Waals surface area contributed by atoms with Crippen LogP contribution in [0.3, 0.4) is 0 Å². The van der Waals surface area contributed by atoms with Crippen molar-refractivity contribution in [1.29, 1.82) is 0 Å². The number of alkyl halides is 1. The third-order valence-corrected chi connectivity index (χ3v) is 3.15. The quantitative estimate of drug-likeness (QED) is 0.622. The van der Waals surface area contributed by atoms with Crippen molar-refractivity contribution in [2.24, 2.45) is 0 Å². The Morgan fingerprint density at radius 3 is 2.94 bits per heavy atom. The molecule has 0 fully saturated rings. The Morgan fingerprint density at radius 2 is 2.19 bits per heavy atom. The van der Waals surface area contributed by atoms with Crippen LogP contribution < -0.4 is 4.74 Å². The van der Waals surface area contributed by atoms with E-state index in [0.717, 1.165) is 17.4 Å². The highest BCUT2D eigenvalue weighted by atomic mass is 79.9. The van der Waals surface area contributed by atoms with Crippen molar-refractivity contribution in [2.45, 2.75) is 19.4 Å². The van der Waals surface area contributed by atoms with E-state index in [4.69, 9.17) is 4.74 Å². The Kier molecular flexibility index (Phi) is 3.83. The summed E-state index contributed by atoms with van der Waals surface area (Å²) in [6.07, 6.45) is 4.47. The molecule has 0 aliphatic carbocycles. The molecular weight excluding hydrogens is 268 g/mol. The second kappa shape index (κ2) is 5.34. The summed E-state index contributed by atoms with van der Waals surface area (Å²) in [5.74, 6) is 0.672. The van der Waals surface area contributed by atoms with Crippen molar-refractivity contribution in [3.05, 3.63) is 24.4 Å². The van der Waals surface area contributed by atoms with Crippen LogP contribution in [0.2, 0.25) is 0 Å². The number of aromatic nitrogens is 2. The van der Waals surface area contributed by atoms with Gasteiger partial charge in [-0.15, -0.1) is 0 Å². The molecule has 0 atom stereocenters. The molecule has 0 aromatic carbocycles. The van der Waals surface area contributed by atoms with Gasteiger partial charge in [-0.3, -0.25) is 0 Å². The molecule has 0 saturated carbocycles. The van der Waals surface area contributed by atoms with Crippen molar-refractivity contribution in [2.75, 3.05) is 12.4 Å². The lowest BCUT2D eigenvalue weighted by Crippen LogP contribution is -1.96. The number of unbranched alkanes of at least 4 members (excludes halogenated alkanes) is 1. The molecule has 2 aromatic heterocycles. The van der Waals surface area contributed by atoms with Gasteiger partial charge in [0.2, 0.25) is 5.88 Å². The highest BCUT2D eigenvalue weighted by Crippen LogP contribution is 2.18. The summed E-state index contributed by atoms with van der Waals surface area (Å²) in [7, 11) is 1.64. The standard InChI is InChI=1S/C12H15BrN2O/c1-16-12-5-4-11-10(14-12)6-9-15(11)8-3-2-7-13/h4-6,9H,2-3,7-8H2,1H3. The molecular formula is C12H15BrN2O. The molecule has 2 heterocycles. The van der Waals surface area contributed by atoms with Gasteiger partial charge in [0.1, 0.15) is 0 Å². The third kappa shape index (κ3) is 2.38. The van der Waals surface area contributed by atoms with Crippen LogP contribution in [0.25, 0.3) is 11.0 Å². The number of ether oxygens (including phenoxy) is 1. The Bertz CT molecular complexity index is 467. The molecule has 86 valence electrons.